The van der Waals surface area contributed by atoms with E-state index in [1.165, 1.54) is 17.0 Å². The molecule has 0 spiro atoms. The fourth-order valence-corrected chi connectivity index (χ4v) is 4.52. The standard InChI is InChI=1S/C24H25FN2O4S/c1-3-31-22-13-9-19(10-14-22)17-26(2)24(28)18-27(21-7-5-4-6-8-21)32(29,30)23-15-11-20(25)12-16-23/h4-16H,3,17-18H2,1-2H3. The highest BCUT2D eigenvalue weighted by Gasteiger charge is 2.28. The van der Waals surface area contributed by atoms with Gasteiger partial charge < -0.3 is 9.64 Å². The van der Waals surface area contributed by atoms with Gasteiger partial charge in [-0.3, -0.25) is 9.10 Å². The van der Waals surface area contributed by atoms with Gasteiger partial charge in [-0.2, -0.15) is 0 Å². The third kappa shape index (κ3) is 5.64. The van der Waals surface area contributed by atoms with E-state index in [2.05, 4.69) is 0 Å². The van der Waals surface area contributed by atoms with Crippen molar-refractivity contribution in [2.45, 2.75) is 18.4 Å². The van der Waals surface area contributed by atoms with Gasteiger partial charge in [0.15, 0.2) is 0 Å². The number of amides is 1. The number of halogens is 1. The summed E-state index contributed by atoms with van der Waals surface area (Å²) in [4.78, 5) is 14.3. The fourth-order valence-electron chi connectivity index (χ4n) is 3.11. The first kappa shape index (κ1) is 23.3. The molecule has 0 aliphatic rings. The third-order valence-electron chi connectivity index (χ3n) is 4.80. The van der Waals surface area contributed by atoms with Gasteiger partial charge in [-0.05, 0) is 61.0 Å². The summed E-state index contributed by atoms with van der Waals surface area (Å²) in [5.41, 5.74) is 1.23. The van der Waals surface area contributed by atoms with Crippen molar-refractivity contribution in [3.63, 3.8) is 0 Å². The van der Waals surface area contributed by atoms with Gasteiger partial charge in [0, 0.05) is 13.6 Å². The first-order valence-corrected chi connectivity index (χ1v) is 11.5. The summed E-state index contributed by atoms with van der Waals surface area (Å²) < 4.78 is 46.3. The number of carbonyl (C=O) groups is 1. The second kappa shape index (κ2) is 10.3. The molecule has 0 bridgehead atoms. The number of rotatable bonds is 9. The summed E-state index contributed by atoms with van der Waals surface area (Å²) >= 11 is 0. The molecule has 0 heterocycles. The summed E-state index contributed by atoms with van der Waals surface area (Å²) in [5.74, 6) is -0.180. The summed E-state index contributed by atoms with van der Waals surface area (Å²) in [6.07, 6.45) is 0. The van der Waals surface area contributed by atoms with Gasteiger partial charge in [0.2, 0.25) is 5.91 Å². The Balaban J connectivity index is 1.81. The molecule has 1 amide bonds. The zero-order valence-electron chi connectivity index (χ0n) is 17.9. The highest BCUT2D eigenvalue weighted by atomic mass is 32.2. The van der Waals surface area contributed by atoms with Crippen molar-refractivity contribution in [3.8, 4) is 5.75 Å². The van der Waals surface area contributed by atoms with E-state index in [9.17, 15) is 17.6 Å². The first-order chi connectivity index (χ1) is 15.3. The molecule has 3 rings (SSSR count). The first-order valence-electron chi connectivity index (χ1n) is 10.1. The second-order valence-corrected chi connectivity index (χ2v) is 8.99. The molecular weight excluding hydrogens is 431 g/mol. The molecule has 0 unspecified atom stereocenters. The number of benzene rings is 3. The Kier molecular flexibility index (Phi) is 7.48. The van der Waals surface area contributed by atoms with Crippen molar-refractivity contribution in [3.05, 3.63) is 90.2 Å². The lowest BCUT2D eigenvalue weighted by Gasteiger charge is -2.26. The normalized spacial score (nSPS) is 11.1. The molecule has 3 aromatic carbocycles. The van der Waals surface area contributed by atoms with Gasteiger partial charge in [0.25, 0.3) is 10.0 Å². The smallest absolute Gasteiger partial charge is 0.264 e. The molecule has 168 valence electrons. The number of para-hydroxylation sites is 1. The van der Waals surface area contributed by atoms with Crippen LogP contribution in [0.4, 0.5) is 10.1 Å². The maximum Gasteiger partial charge on any atom is 0.264 e. The van der Waals surface area contributed by atoms with E-state index in [0.717, 1.165) is 27.8 Å². The van der Waals surface area contributed by atoms with E-state index in [4.69, 9.17) is 4.74 Å². The Hall–Kier alpha value is -3.39. The topological polar surface area (TPSA) is 66.9 Å². The molecule has 8 heteroatoms. The molecule has 0 aromatic heterocycles. The van der Waals surface area contributed by atoms with E-state index in [1.54, 1.807) is 37.4 Å². The summed E-state index contributed by atoms with van der Waals surface area (Å²) in [6, 6.07) is 20.3. The van der Waals surface area contributed by atoms with Crippen LogP contribution < -0.4 is 9.04 Å². The van der Waals surface area contributed by atoms with Crippen LogP contribution in [0.15, 0.2) is 83.8 Å². The van der Waals surface area contributed by atoms with Crippen LogP contribution in [0.3, 0.4) is 0 Å². The molecule has 0 aliphatic carbocycles. The maximum atomic E-state index is 13.3. The van der Waals surface area contributed by atoms with Crippen LogP contribution in [0.25, 0.3) is 0 Å². The zero-order valence-corrected chi connectivity index (χ0v) is 18.8. The van der Waals surface area contributed by atoms with Crippen LogP contribution in [0.5, 0.6) is 5.75 Å². The van der Waals surface area contributed by atoms with Crippen LogP contribution in [0.1, 0.15) is 12.5 Å². The van der Waals surface area contributed by atoms with Crippen LogP contribution in [-0.2, 0) is 21.4 Å². The zero-order chi connectivity index (χ0) is 23.1. The van der Waals surface area contributed by atoms with Gasteiger partial charge in [-0.15, -0.1) is 0 Å². The lowest BCUT2D eigenvalue weighted by molar-refractivity contribution is -0.128. The molecule has 0 radical (unpaired) electrons. The lowest BCUT2D eigenvalue weighted by Crippen LogP contribution is -2.41. The minimum Gasteiger partial charge on any atom is -0.494 e. The molecule has 3 aromatic rings. The Morgan fingerprint density at radius 3 is 2.16 bits per heavy atom. The largest absolute Gasteiger partial charge is 0.494 e. The van der Waals surface area contributed by atoms with Crippen LogP contribution >= 0.6 is 0 Å². The molecular formula is C24H25FN2O4S. The number of anilines is 1. The van der Waals surface area contributed by atoms with E-state index >= 15 is 0 Å². The maximum absolute atomic E-state index is 13.3. The number of likely N-dealkylation sites (N-methyl/N-ethyl adjacent to an activating group) is 1. The lowest BCUT2D eigenvalue weighted by atomic mass is 10.2. The van der Waals surface area contributed by atoms with Crippen LogP contribution in [0, 0.1) is 5.82 Å². The van der Waals surface area contributed by atoms with Crippen molar-refractivity contribution in [1.29, 1.82) is 0 Å². The number of nitrogens with zero attached hydrogens (tertiary/aromatic N) is 2. The SMILES string of the molecule is CCOc1ccc(CN(C)C(=O)CN(c2ccccc2)S(=O)(=O)c2ccc(F)cc2)cc1. The fraction of sp³-hybridized carbons (Fsp3) is 0.208. The number of ether oxygens (including phenoxy) is 1. The number of hydrogen-bond acceptors (Lipinski definition) is 4. The molecule has 0 fully saturated rings. The Morgan fingerprint density at radius 2 is 1.56 bits per heavy atom. The van der Waals surface area contributed by atoms with E-state index < -0.39 is 22.4 Å². The number of sulfonamides is 1. The van der Waals surface area contributed by atoms with Crippen molar-refractivity contribution < 1.29 is 22.3 Å². The summed E-state index contributed by atoms with van der Waals surface area (Å²) in [6.45, 7) is 2.39. The van der Waals surface area contributed by atoms with Crippen molar-refractivity contribution in [1.82, 2.24) is 4.90 Å². The Labute approximate surface area is 187 Å². The van der Waals surface area contributed by atoms with E-state index in [1.807, 2.05) is 31.2 Å². The minimum absolute atomic E-state index is 0.0929. The van der Waals surface area contributed by atoms with Gasteiger partial charge >= 0.3 is 0 Å². The molecule has 6 nitrogen and oxygen atoms in total. The quantitative estimate of drug-likeness (QED) is 0.487. The highest BCUT2D eigenvalue weighted by Crippen LogP contribution is 2.24. The predicted molar refractivity (Wildman–Crippen MR) is 121 cm³/mol. The Bertz CT molecular complexity index is 1130. The van der Waals surface area contributed by atoms with E-state index in [-0.39, 0.29) is 10.8 Å². The third-order valence-corrected chi connectivity index (χ3v) is 6.59. The van der Waals surface area contributed by atoms with Gasteiger partial charge in [0.1, 0.15) is 18.1 Å². The van der Waals surface area contributed by atoms with Gasteiger partial charge in [-0.25, -0.2) is 12.8 Å². The number of carbonyl (C=O) groups excluding carboxylic acids is 1. The molecule has 0 aliphatic heterocycles. The molecule has 0 N–H and O–H groups in total. The van der Waals surface area contributed by atoms with Crippen molar-refractivity contribution in [2.75, 3.05) is 24.5 Å². The Morgan fingerprint density at radius 1 is 0.938 bits per heavy atom. The van der Waals surface area contributed by atoms with Gasteiger partial charge in [-0.1, -0.05) is 30.3 Å². The predicted octanol–water partition coefficient (Wildman–Crippen LogP) is 4.08. The summed E-state index contributed by atoms with van der Waals surface area (Å²) in [5, 5.41) is 0. The van der Waals surface area contributed by atoms with Crippen molar-refractivity contribution in [2.24, 2.45) is 0 Å². The van der Waals surface area contributed by atoms with Crippen molar-refractivity contribution >= 4 is 21.6 Å². The van der Waals surface area contributed by atoms with Crippen LogP contribution in [0.2, 0.25) is 0 Å². The van der Waals surface area contributed by atoms with Crippen LogP contribution in [-0.4, -0.2) is 39.4 Å². The second-order valence-electron chi connectivity index (χ2n) is 7.13. The molecule has 0 saturated heterocycles. The monoisotopic (exact) mass is 456 g/mol. The van der Waals surface area contributed by atoms with Gasteiger partial charge in [0.05, 0.1) is 17.2 Å². The average molecular weight is 457 g/mol. The average Bonchev–Trinajstić information content (AvgIpc) is 2.79. The molecule has 0 atom stereocenters. The van der Waals surface area contributed by atoms with E-state index in [0.29, 0.717) is 18.8 Å². The number of hydrogen-bond donors (Lipinski definition) is 0. The molecule has 0 saturated carbocycles. The highest BCUT2D eigenvalue weighted by molar-refractivity contribution is 7.92. The summed E-state index contributed by atoms with van der Waals surface area (Å²) in [7, 11) is -2.46. The minimum atomic E-state index is -4.08. The molecule has 32 heavy (non-hydrogen) atoms.